The van der Waals surface area contributed by atoms with Crippen molar-refractivity contribution in [1.29, 1.82) is 0 Å². The van der Waals surface area contributed by atoms with Gasteiger partial charge in [-0.2, -0.15) is 0 Å². The first kappa shape index (κ1) is 45.6. The molecule has 10 atom stereocenters. The summed E-state index contributed by atoms with van der Waals surface area (Å²) < 4.78 is 21.4. The zero-order valence-electron chi connectivity index (χ0n) is 30.0. The van der Waals surface area contributed by atoms with E-state index in [0.717, 1.165) is 0 Å². The zero-order valence-corrected chi connectivity index (χ0v) is 30.0. The Kier molecular flexibility index (Phi) is 14.6. The molecule has 9 heterocycles. The quantitative estimate of drug-likeness (QED) is 0.0723. The van der Waals surface area contributed by atoms with E-state index in [1.807, 2.05) is 0 Å². The van der Waals surface area contributed by atoms with E-state index < -0.39 is 61.2 Å². The molecule has 0 amide bonds. The molecule has 3 fully saturated rings. The maximum Gasteiger partial charge on any atom is 0.278 e. The molecule has 18 N–H and O–H groups in total. The highest BCUT2D eigenvalue weighted by Gasteiger charge is 2.40. The summed E-state index contributed by atoms with van der Waals surface area (Å²) in [7, 11) is 0. The minimum absolute atomic E-state index is 0. The number of aliphatic imine (C=N–C) groups is 1. The minimum atomic E-state index is -1.88. The van der Waals surface area contributed by atoms with Crippen LogP contribution in [0.3, 0.4) is 0 Å². The molecule has 9 rings (SSSR count). The van der Waals surface area contributed by atoms with E-state index in [1.54, 1.807) is 20.0 Å². The zero-order chi connectivity index (χ0) is 39.0. The van der Waals surface area contributed by atoms with Crippen molar-refractivity contribution in [3.8, 4) is 0 Å². The molecule has 320 valence electrons. The van der Waals surface area contributed by atoms with Gasteiger partial charge in [-0.15, -0.1) is 0 Å². The number of fused-ring (bicyclic) bond motifs is 3. The van der Waals surface area contributed by atoms with E-state index in [2.05, 4.69) is 45.2 Å². The van der Waals surface area contributed by atoms with Crippen LogP contribution in [0.4, 0.5) is 11.6 Å². The van der Waals surface area contributed by atoms with Gasteiger partial charge in [0.1, 0.15) is 54.7 Å². The second-order valence-electron chi connectivity index (χ2n) is 13.0. The first-order valence-electron chi connectivity index (χ1n) is 17.0. The van der Waals surface area contributed by atoms with Crippen LogP contribution in [0.1, 0.15) is 51.1 Å². The molecule has 3 unspecified atom stereocenters. The SMILES string of the molecule is C.N.N[C@@]1(O)N=CNc2c1ncn2[C@H]1CC(O)[C@@H](CO)O1.Nc1ncnc2c1ncn2[C@H]1CC(O)[C@@H](CO)O1.O.O=c1[nH]cnc2c1ncn2[C@H]1CC(O)[C@@H](CO)O1. The maximum atomic E-state index is 11.5. The van der Waals surface area contributed by atoms with Gasteiger partial charge in [0.2, 0.25) is 0 Å². The van der Waals surface area contributed by atoms with Gasteiger partial charge in [0.25, 0.3) is 11.4 Å². The number of aromatic nitrogens is 10. The monoisotopic (exact) mass is 823 g/mol. The van der Waals surface area contributed by atoms with Gasteiger partial charge in [0.05, 0.1) is 69.8 Å². The molecule has 5 aromatic rings. The summed E-state index contributed by atoms with van der Waals surface area (Å²) in [6.07, 6.45) is 4.00. The van der Waals surface area contributed by atoms with E-state index in [0.29, 0.717) is 47.7 Å². The molecular formula is C31H49N15O12. The highest BCUT2D eigenvalue weighted by atomic mass is 16.6. The molecule has 0 radical (unpaired) electrons. The lowest BCUT2D eigenvalue weighted by molar-refractivity contribution is -0.0438. The third-order valence-corrected chi connectivity index (χ3v) is 9.44. The Labute approximate surface area is 327 Å². The first-order valence-corrected chi connectivity index (χ1v) is 17.0. The second kappa shape index (κ2) is 18.6. The summed E-state index contributed by atoms with van der Waals surface area (Å²) >= 11 is 0. The van der Waals surface area contributed by atoms with Gasteiger partial charge < -0.3 is 77.6 Å². The van der Waals surface area contributed by atoms with Crippen molar-refractivity contribution >= 4 is 40.3 Å². The number of aliphatic hydroxyl groups is 7. The first-order chi connectivity index (χ1) is 26.4. The Hall–Kier alpha value is -5.14. The summed E-state index contributed by atoms with van der Waals surface area (Å²) in [5.74, 6) is -1.12. The van der Waals surface area contributed by atoms with Crippen molar-refractivity contribution in [3.63, 3.8) is 0 Å². The standard InChI is InChI=1S/C10H15N5O4.C10H13N5O3.C10H12N4O4.CH4.H3N.H2O/c11-10(18)8-9(12-3-14-10)15(4-13-8)7-1-5(17)6(2-16)19-7;11-9-8-10(13-3-12-9)15(4-14-8)7-1-5(17)6(2-16)18-7;15-2-6-5(16)1-7(18-6)14-4-13-8-9(14)11-3-12-10(8)17;;;/h3-7,16-18H,1-2,11H2,(H,12,14);3-7,16-17H,1-2H2,(H2,11,12,13);3-7,15-16H,1-2H2,(H,11,12,17);1H4;1H3;1H2/t5?,6-,7-,10-;2*5?,6-,7-;;;/m111.../s1. The minimum Gasteiger partial charge on any atom is -0.412 e. The van der Waals surface area contributed by atoms with Crippen LogP contribution < -0.4 is 28.5 Å². The average molecular weight is 824 g/mol. The third kappa shape index (κ3) is 8.66. The second-order valence-corrected chi connectivity index (χ2v) is 13.0. The van der Waals surface area contributed by atoms with E-state index in [-0.39, 0.29) is 55.6 Å². The maximum absolute atomic E-state index is 11.5. The number of aliphatic hydroxyl groups excluding tert-OH is 6. The van der Waals surface area contributed by atoms with Gasteiger partial charge in [-0.25, -0.2) is 34.9 Å². The number of nitrogen functional groups attached to an aromatic ring is 1. The fraction of sp³-hybridized carbons (Fsp3) is 0.548. The van der Waals surface area contributed by atoms with E-state index in [4.69, 9.17) is 41.0 Å². The fourth-order valence-corrected chi connectivity index (χ4v) is 6.55. The summed E-state index contributed by atoms with van der Waals surface area (Å²) in [6.45, 7) is -0.732. The number of rotatable bonds is 6. The molecule has 4 aliphatic heterocycles. The summed E-state index contributed by atoms with van der Waals surface area (Å²) in [5, 5.41) is 69.0. The van der Waals surface area contributed by atoms with E-state index in [9.17, 15) is 25.2 Å². The number of aromatic amines is 1. The van der Waals surface area contributed by atoms with Crippen LogP contribution in [0.2, 0.25) is 0 Å². The van der Waals surface area contributed by atoms with Gasteiger partial charge in [-0.3, -0.25) is 24.2 Å². The van der Waals surface area contributed by atoms with Crippen molar-refractivity contribution in [2.45, 2.75) is 87.8 Å². The van der Waals surface area contributed by atoms with Crippen molar-refractivity contribution in [2.24, 2.45) is 10.7 Å². The van der Waals surface area contributed by atoms with Crippen LogP contribution in [0.5, 0.6) is 0 Å². The molecule has 27 heteroatoms. The number of imidazole rings is 3. The smallest absolute Gasteiger partial charge is 0.278 e. The molecule has 4 aliphatic rings. The number of ether oxygens (including phenoxy) is 3. The third-order valence-electron chi connectivity index (χ3n) is 9.44. The lowest BCUT2D eigenvalue weighted by Gasteiger charge is -2.23. The van der Waals surface area contributed by atoms with Gasteiger partial charge in [0, 0.05) is 19.3 Å². The van der Waals surface area contributed by atoms with Crippen LogP contribution in [0.15, 0.2) is 41.4 Å². The Morgan fingerprint density at radius 3 is 1.76 bits per heavy atom. The molecular weight excluding hydrogens is 774 g/mol. The average Bonchev–Trinajstić information content (AvgIpc) is 4.02. The van der Waals surface area contributed by atoms with Crippen molar-refractivity contribution in [1.82, 2.24) is 54.7 Å². The summed E-state index contributed by atoms with van der Waals surface area (Å²) in [6, 6.07) is 0. The van der Waals surface area contributed by atoms with Crippen LogP contribution in [-0.2, 0) is 20.1 Å². The molecule has 3 saturated heterocycles. The van der Waals surface area contributed by atoms with Crippen LogP contribution in [0, 0.1) is 0 Å². The fourth-order valence-electron chi connectivity index (χ4n) is 6.55. The Morgan fingerprint density at radius 2 is 1.24 bits per heavy atom. The molecule has 0 aromatic carbocycles. The largest absolute Gasteiger partial charge is 0.412 e. The van der Waals surface area contributed by atoms with E-state index in [1.165, 1.54) is 31.6 Å². The van der Waals surface area contributed by atoms with Crippen molar-refractivity contribution in [2.75, 3.05) is 30.9 Å². The molecule has 0 spiro atoms. The molecule has 58 heavy (non-hydrogen) atoms. The topological polar surface area (TPSA) is 437 Å². The van der Waals surface area contributed by atoms with Crippen molar-refractivity contribution < 1.29 is 55.4 Å². The Bertz CT molecular complexity index is 2190. The molecule has 5 aromatic heterocycles. The summed E-state index contributed by atoms with van der Waals surface area (Å²) in [5.41, 5.74) is 12.8. The molecule has 0 saturated carbocycles. The normalized spacial score (nSPS) is 29.6. The van der Waals surface area contributed by atoms with Gasteiger partial charge >= 0.3 is 0 Å². The number of nitrogens with two attached hydrogens (primary N) is 2. The predicted molar refractivity (Wildman–Crippen MR) is 201 cm³/mol. The molecule has 0 aliphatic carbocycles. The van der Waals surface area contributed by atoms with Crippen molar-refractivity contribution in [3.05, 3.63) is 47.7 Å². The molecule has 27 nitrogen and oxygen atoms in total. The lowest BCUT2D eigenvalue weighted by atomic mass is 10.2. The predicted octanol–water partition coefficient (Wildman–Crippen LogP) is -4.18. The van der Waals surface area contributed by atoms with Gasteiger partial charge in [0.15, 0.2) is 28.3 Å². The van der Waals surface area contributed by atoms with Crippen LogP contribution in [0.25, 0.3) is 22.3 Å². The number of hydrogen-bond acceptors (Lipinski definition) is 22. The highest BCUT2D eigenvalue weighted by Crippen LogP contribution is 2.36. The lowest BCUT2D eigenvalue weighted by Crippen LogP contribution is -2.38. The summed E-state index contributed by atoms with van der Waals surface area (Å²) in [4.78, 5) is 41.7. The van der Waals surface area contributed by atoms with Gasteiger partial charge in [-0.1, -0.05) is 7.43 Å². The number of nitrogens with one attached hydrogen (secondary N) is 2. The highest BCUT2D eigenvalue weighted by molar-refractivity contribution is 5.81. The Balaban J connectivity index is 0.000000188. The van der Waals surface area contributed by atoms with Gasteiger partial charge in [-0.05, 0) is 0 Å². The van der Waals surface area contributed by atoms with Crippen LogP contribution >= 0.6 is 0 Å². The number of H-pyrrole nitrogens is 1. The number of nitrogens with zero attached hydrogens (tertiary/aromatic N) is 10. The van der Waals surface area contributed by atoms with Crippen LogP contribution in [-0.4, -0.2) is 153 Å². The Morgan fingerprint density at radius 1 is 0.759 bits per heavy atom. The number of hydrogen-bond donors (Lipinski definition) is 12. The van der Waals surface area contributed by atoms with E-state index >= 15 is 0 Å². The molecule has 0 bridgehead atoms. The number of anilines is 2.